The maximum Gasteiger partial charge on any atom is 0.0701 e. The smallest absolute Gasteiger partial charge is 0.0701 e. The topological polar surface area (TPSA) is 44.7 Å². The molecule has 0 aromatic carbocycles. The first-order valence-corrected chi connectivity index (χ1v) is 6.40. The maximum absolute atomic E-state index is 8.67. The van der Waals surface area contributed by atoms with Gasteiger partial charge in [0, 0.05) is 32.2 Å². The normalized spacial score (nSPS) is 19.5. The van der Waals surface area contributed by atoms with E-state index < -0.39 is 0 Å². The summed E-state index contributed by atoms with van der Waals surface area (Å²) < 4.78 is 5.53. The standard InChI is InChI=1S/C12H26N2O2/c1-11(2)13-5-8-14-6-3-12(4-7-14)16-10-9-15/h11-13,15H,3-10H2,1-2H3. The van der Waals surface area contributed by atoms with E-state index in [1.54, 1.807) is 0 Å². The molecule has 1 rings (SSSR count). The van der Waals surface area contributed by atoms with Gasteiger partial charge in [-0.1, -0.05) is 13.8 Å². The minimum atomic E-state index is 0.137. The third-order valence-corrected chi connectivity index (χ3v) is 2.96. The molecule has 0 unspecified atom stereocenters. The number of aliphatic hydroxyl groups is 1. The third-order valence-electron chi connectivity index (χ3n) is 2.96. The molecule has 0 radical (unpaired) electrons. The average Bonchev–Trinajstić information content (AvgIpc) is 2.27. The number of nitrogens with one attached hydrogen (secondary N) is 1. The number of rotatable bonds is 7. The van der Waals surface area contributed by atoms with Crippen molar-refractivity contribution in [3.8, 4) is 0 Å². The summed E-state index contributed by atoms with van der Waals surface area (Å²) in [5.74, 6) is 0. The Morgan fingerprint density at radius 2 is 2.06 bits per heavy atom. The van der Waals surface area contributed by atoms with Crippen LogP contribution in [0.1, 0.15) is 26.7 Å². The molecule has 0 bridgehead atoms. The lowest BCUT2D eigenvalue weighted by Crippen LogP contribution is -2.41. The second-order valence-electron chi connectivity index (χ2n) is 4.74. The lowest BCUT2D eigenvalue weighted by atomic mass is 10.1. The fraction of sp³-hybridized carbons (Fsp3) is 1.00. The Bertz CT molecular complexity index is 168. The molecule has 1 aliphatic rings. The van der Waals surface area contributed by atoms with Crippen LogP contribution < -0.4 is 5.32 Å². The van der Waals surface area contributed by atoms with Gasteiger partial charge in [-0.25, -0.2) is 0 Å². The average molecular weight is 230 g/mol. The molecule has 4 nitrogen and oxygen atoms in total. The van der Waals surface area contributed by atoms with Crippen molar-refractivity contribution in [1.29, 1.82) is 0 Å². The van der Waals surface area contributed by atoms with Crippen LogP contribution in [-0.4, -0.2) is 61.5 Å². The highest BCUT2D eigenvalue weighted by atomic mass is 16.5. The van der Waals surface area contributed by atoms with Crippen LogP contribution >= 0.6 is 0 Å². The van der Waals surface area contributed by atoms with Crippen LogP contribution in [0.5, 0.6) is 0 Å². The van der Waals surface area contributed by atoms with Crippen LogP contribution in [0, 0.1) is 0 Å². The molecule has 0 saturated carbocycles. The Kier molecular flexibility index (Phi) is 6.96. The SMILES string of the molecule is CC(C)NCCN1CCC(OCCO)CC1. The predicted molar refractivity (Wildman–Crippen MR) is 65.6 cm³/mol. The molecule has 96 valence electrons. The molecule has 0 aliphatic carbocycles. The van der Waals surface area contributed by atoms with Crippen LogP contribution in [0.15, 0.2) is 0 Å². The van der Waals surface area contributed by atoms with Crippen molar-refractivity contribution in [2.75, 3.05) is 39.4 Å². The number of aliphatic hydroxyl groups excluding tert-OH is 1. The number of piperidine rings is 1. The van der Waals surface area contributed by atoms with Crippen molar-refractivity contribution < 1.29 is 9.84 Å². The second-order valence-corrected chi connectivity index (χ2v) is 4.74. The highest BCUT2D eigenvalue weighted by molar-refractivity contribution is 4.73. The summed E-state index contributed by atoms with van der Waals surface area (Å²) in [6.45, 7) is 9.42. The first-order chi connectivity index (χ1) is 7.72. The molecule has 4 heteroatoms. The van der Waals surface area contributed by atoms with E-state index in [-0.39, 0.29) is 6.61 Å². The summed E-state index contributed by atoms with van der Waals surface area (Å²) in [5, 5.41) is 12.1. The van der Waals surface area contributed by atoms with Crippen LogP contribution in [-0.2, 0) is 4.74 Å². The first-order valence-electron chi connectivity index (χ1n) is 6.40. The summed E-state index contributed by atoms with van der Waals surface area (Å²) in [6, 6.07) is 0.574. The van der Waals surface area contributed by atoms with E-state index >= 15 is 0 Å². The van der Waals surface area contributed by atoms with E-state index in [2.05, 4.69) is 24.1 Å². The largest absolute Gasteiger partial charge is 0.394 e. The van der Waals surface area contributed by atoms with E-state index in [9.17, 15) is 0 Å². The molecule has 2 N–H and O–H groups in total. The van der Waals surface area contributed by atoms with Gasteiger partial charge in [-0.05, 0) is 12.8 Å². The minimum absolute atomic E-state index is 0.137. The number of nitrogens with zero attached hydrogens (tertiary/aromatic N) is 1. The highest BCUT2D eigenvalue weighted by Crippen LogP contribution is 2.12. The molecule has 0 spiro atoms. The molecular weight excluding hydrogens is 204 g/mol. The van der Waals surface area contributed by atoms with Crippen LogP contribution in [0.2, 0.25) is 0 Å². The zero-order chi connectivity index (χ0) is 11.8. The van der Waals surface area contributed by atoms with Crippen molar-refractivity contribution in [3.05, 3.63) is 0 Å². The van der Waals surface area contributed by atoms with Gasteiger partial charge in [0.1, 0.15) is 0 Å². The molecule has 0 atom stereocenters. The fourth-order valence-corrected chi connectivity index (χ4v) is 2.03. The van der Waals surface area contributed by atoms with Gasteiger partial charge in [-0.2, -0.15) is 0 Å². The van der Waals surface area contributed by atoms with Crippen LogP contribution in [0.25, 0.3) is 0 Å². The monoisotopic (exact) mass is 230 g/mol. The minimum Gasteiger partial charge on any atom is -0.394 e. The molecule has 0 aromatic heterocycles. The van der Waals surface area contributed by atoms with Gasteiger partial charge in [0.05, 0.1) is 19.3 Å². The van der Waals surface area contributed by atoms with Gasteiger partial charge < -0.3 is 20.1 Å². The lowest BCUT2D eigenvalue weighted by Gasteiger charge is -2.32. The Morgan fingerprint density at radius 3 is 2.62 bits per heavy atom. The summed E-state index contributed by atoms with van der Waals surface area (Å²) in [5.41, 5.74) is 0. The molecule has 1 fully saturated rings. The van der Waals surface area contributed by atoms with E-state index in [4.69, 9.17) is 9.84 Å². The lowest BCUT2D eigenvalue weighted by molar-refractivity contribution is -0.00751. The number of hydrogen-bond donors (Lipinski definition) is 2. The Balaban J connectivity index is 2.03. The summed E-state index contributed by atoms with van der Waals surface area (Å²) in [4.78, 5) is 2.48. The summed E-state index contributed by atoms with van der Waals surface area (Å²) in [7, 11) is 0. The van der Waals surface area contributed by atoms with Crippen molar-refractivity contribution >= 4 is 0 Å². The maximum atomic E-state index is 8.67. The predicted octanol–water partition coefficient (Wildman–Crippen LogP) is 0.458. The van der Waals surface area contributed by atoms with Crippen molar-refractivity contribution in [2.24, 2.45) is 0 Å². The van der Waals surface area contributed by atoms with Gasteiger partial charge in [0.25, 0.3) is 0 Å². The Hall–Kier alpha value is -0.160. The molecule has 1 aliphatic heterocycles. The van der Waals surface area contributed by atoms with Crippen molar-refractivity contribution in [1.82, 2.24) is 10.2 Å². The quantitative estimate of drug-likeness (QED) is 0.667. The number of hydrogen-bond acceptors (Lipinski definition) is 4. The summed E-state index contributed by atoms with van der Waals surface area (Å²) >= 11 is 0. The zero-order valence-corrected chi connectivity index (χ0v) is 10.6. The van der Waals surface area contributed by atoms with Gasteiger partial charge in [0.2, 0.25) is 0 Å². The van der Waals surface area contributed by atoms with Gasteiger partial charge in [-0.15, -0.1) is 0 Å². The first kappa shape index (κ1) is 13.9. The summed E-state index contributed by atoms with van der Waals surface area (Å²) in [6.07, 6.45) is 2.56. The number of ether oxygens (including phenoxy) is 1. The molecule has 1 saturated heterocycles. The molecule has 0 amide bonds. The highest BCUT2D eigenvalue weighted by Gasteiger charge is 2.18. The van der Waals surface area contributed by atoms with Gasteiger partial charge in [-0.3, -0.25) is 0 Å². The van der Waals surface area contributed by atoms with E-state index in [0.717, 1.165) is 39.0 Å². The molecule has 0 aromatic rings. The third kappa shape index (κ3) is 5.80. The van der Waals surface area contributed by atoms with Gasteiger partial charge in [0.15, 0.2) is 0 Å². The zero-order valence-electron chi connectivity index (χ0n) is 10.6. The molecule has 1 heterocycles. The van der Waals surface area contributed by atoms with Gasteiger partial charge >= 0.3 is 0 Å². The Labute approximate surface area is 99.0 Å². The second kappa shape index (κ2) is 8.01. The van der Waals surface area contributed by atoms with Crippen LogP contribution in [0.3, 0.4) is 0 Å². The van der Waals surface area contributed by atoms with E-state index in [1.807, 2.05) is 0 Å². The van der Waals surface area contributed by atoms with Crippen LogP contribution in [0.4, 0.5) is 0 Å². The Morgan fingerprint density at radius 1 is 1.38 bits per heavy atom. The van der Waals surface area contributed by atoms with Crippen molar-refractivity contribution in [2.45, 2.75) is 38.8 Å². The molecular formula is C12H26N2O2. The van der Waals surface area contributed by atoms with E-state index in [0.29, 0.717) is 18.8 Å². The fourth-order valence-electron chi connectivity index (χ4n) is 2.03. The van der Waals surface area contributed by atoms with Crippen molar-refractivity contribution in [3.63, 3.8) is 0 Å². The molecule has 16 heavy (non-hydrogen) atoms. The van der Waals surface area contributed by atoms with E-state index in [1.165, 1.54) is 0 Å². The number of likely N-dealkylation sites (tertiary alicyclic amines) is 1.